The van der Waals surface area contributed by atoms with E-state index in [4.69, 9.17) is 16.3 Å². The molecular weight excluding hydrogens is 388 g/mol. The Morgan fingerprint density at radius 3 is 2.52 bits per heavy atom. The molecule has 0 aromatic heterocycles. The second-order valence-electron chi connectivity index (χ2n) is 6.39. The molecule has 0 radical (unpaired) electrons. The van der Waals surface area contributed by atoms with Gasteiger partial charge in [-0.3, -0.25) is 4.79 Å². The molecule has 6 nitrogen and oxygen atoms in total. The van der Waals surface area contributed by atoms with E-state index in [-0.39, 0.29) is 10.5 Å². The fraction of sp³-hybridized carbons (Fsp3) is 0.316. The third-order valence-corrected chi connectivity index (χ3v) is 6.81. The number of benzene rings is 2. The molecule has 1 heterocycles. The van der Waals surface area contributed by atoms with Gasteiger partial charge >= 0.3 is 0 Å². The fourth-order valence-corrected chi connectivity index (χ4v) is 5.02. The summed E-state index contributed by atoms with van der Waals surface area (Å²) in [6.07, 6.45) is 1.73. The summed E-state index contributed by atoms with van der Waals surface area (Å²) in [5.74, 6) is -0.0448. The minimum Gasteiger partial charge on any atom is -0.496 e. The number of sulfonamides is 1. The van der Waals surface area contributed by atoms with Crippen LogP contribution >= 0.6 is 11.6 Å². The van der Waals surface area contributed by atoms with Crippen LogP contribution in [-0.4, -0.2) is 38.8 Å². The van der Waals surface area contributed by atoms with Gasteiger partial charge in [-0.15, -0.1) is 0 Å². The van der Waals surface area contributed by atoms with Gasteiger partial charge in [0.1, 0.15) is 5.75 Å². The van der Waals surface area contributed by atoms with Crippen LogP contribution in [0.4, 0.5) is 5.69 Å². The SMILES string of the molecule is COc1ccc(Cl)cc1C(=O)Nc1ccc(C)c(S(=O)(=O)N2CCCC2)c1. The van der Waals surface area contributed by atoms with Crippen LogP contribution < -0.4 is 10.1 Å². The van der Waals surface area contributed by atoms with Crippen molar-refractivity contribution in [2.45, 2.75) is 24.7 Å². The zero-order valence-electron chi connectivity index (χ0n) is 15.2. The van der Waals surface area contributed by atoms with E-state index in [1.54, 1.807) is 31.2 Å². The number of aryl methyl sites for hydroxylation is 1. The molecule has 0 bridgehead atoms. The summed E-state index contributed by atoms with van der Waals surface area (Å²) in [5.41, 5.74) is 1.31. The minimum atomic E-state index is -3.58. The fourth-order valence-electron chi connectivity index (χ4n) is 3.08. The Hall–Kier alpha value is -2.09. The van der Waals surface area contributed by atoms with E-state index in [0.717, 1.165) is 12.8 Å². The molecule has 0 saturated carbocycles. The molecule has 1 fully saturated rings. The summed E-state index contributed by atoms with van der Waals surface area (Å²) in [5, 5.41) is 3.13. The van der Waals surface area contributed by atoms with Crippen LogP contribution in [0, 0.1) is 6.92 Å². The molecule has 2 aromatic carbocycles. The zero-order chi connectivity index (χ0) is 19.6. The van der Waals surface area contributed by atoms with E-state index >= 15 is 0 Å². The predicted molar refractivity (Wildman–Crippen MR) is 105 cm³/mol. The van der Waals surface area contributed by atoms with Crippen LogP contribution in [0.25, 0.3) is 0 Å². The van der Waals surface area contributed by atoms with Gasteiger partial charge in [-0.1, -0.05) is 17.7 Å². The van der Waals surface area contributed by atoms with Gasteiger partial charge < -0.3 is 10.1 Å². The number of nitrogens with zero attached hydrogens (tertiary/aromatic N) is 1. The van der Waals surface area contributed by atoms with Gasteiger partial charge in [-0.05, 0) is 55.7 Å². The number of anilines is 1. The molecular formula is C19H21ClN2O4S. The van der Waals surface area contributed by atoms with Gasteiger partial charge in [-0.2, -0.15) is 4.31 Å². The molecule has 1 aliphatic heterocycles. The second-order valence-corrected chi connectivity index (χ2v) is 8.73. The molecule has 0 atom stereocenters. The smallest absolute Gasteiger partial charge is 0.259 e. The van der Waals surface area contributed by atoms with Crippen molar-refractivity contribution in [3.05, 3.63) is 52.5 Å². The number of methoxy groups -OCH3 is 1. The van der Waals surface area contributed by atoms with Crippen molar-refractivity contribution in [1.82, 2.24) is 4.31 Å². The Labute approximate surface area is 164 Å². The summed E-state index contributed by atoms with van der Waals surface area (Å²) >= 11 is 5.98. The highest BCUT2D eigenvalue weighted by Crippen LogP contribution is 2.28. The number of carbonyl (C=O) groups is 1. The van der Waals surface area contributed by atoms with E-state index in [1.807, 2.05) is 0 Å². The van der Waals surface area contributed by atoms with Gasteiger partial charge in [-0.25, -0.2) is 8.42 Å². The lowest BCUT2D eigenvalue weighted by Gasteiger charge is -2.18. The molecule has 1 aliphatic rings. The van der Waals surface area contributed by atoms with Crippen molar-refractivity contribution in [3.63, 3.8) is 0 Å². The summed E-state index contributed by atoms with van der Waals surface area (Å²) in [6.45, 7) is 2.80. The quantitative estimate of drug-likeness (QED) is 0.818. The van der Waals surface area contributed by atoms with Crippen LogP contribution in [0.2, 0.25) is 5.02 Å². The molecule has 0 spiro atoms. The summed E-state index contributed by atoms with van der Waals surface area (Å²) in [6, 6.07) is 9.60. The van der Waals surface area contributed by atoms with Crippen molar-refractivity contribution in [1.29, 1.82) is 0 Å². The highest BCUT2D eigenvalue weighted by molar-refractivity contribution is 7.89. The molecule has 2 aromatic rings. The van der Waals surface area contributed by atoms with Crippen LogP contribution in [0.5, 0.6) is 5.75 Å². The second kappa shape index (κ2) is 7.88. The van der Waals surface area contributed by atoms with E-state index in [0.29, 0.717) is 35.1 Å². The van der Waals surface area contributed by atoms with E-state index in [9.17, 15) is 13.2 Å². The van der Waals surface area contributed by atoms with Gasteiger partial charge in [0, 0.05) is 23.8 Å². The van der Waals surface area contributed by atoms with E-state index in [1.165, 1.54) is 23.5 Å². The molecule has 1 amide bonds. The van der Waals surface area contributed by atoms with Crippen LogP contribution in [0.3, 0.4) is 0 Å². The standard InChI is InChI=1S/C19H21ClN2O4S/c1-13-5-7-15(12-18(13)27(24,25)22-9-3-4-10-22)21-19(23)16-11-14(20)6-8-17(16)26-2/h5-8,11-12H,3-4,9-10H2,1-2H3,(H,21,23). The number of nitrogens with one attached hydrogen (secondary N) is 1. The number of halogens is 1. The molecule has 27 heavy (non-hydrogen) atoms. The first-order chi connectivity index (χ1) is 12.8. The maximum atomic E-state index is 12.9. The average molecular weight is 409 g/mol. The number of carbonyl (C=O) groups excluding carboxylic acids is 1. The maximum absolute atomic E-state index is 12.9. The highest BCUT2D eigenvalue weighted by Gasteiger charge is 2.28. The van der Waals surface area contributed by atoms with Crippen molar-refractivity contribution < 1.29 is 17.9 Å². The highest BCUT2D eigenvalue weighted by atomic mass is 35.5. The molecule has 0 aliphatic carbocycles. The number of rotatable bonds is 5. The Morgan fingerprint density at radius 1 is 1.15 bits per heavy atom. The average Bonchev–Trinajstić information content (AvgIpc) is 3.18. The number of ether oxygens (including phenoxy) is 1. The topological polar surface area (TPSA) is 75.7 Å². The Kier molecular flexibility index (Phi) is 5.74. The molecule has 144 valence electrons. The zero-order valence-corrected chi connectivity index (χ0v) is 16.7. The lowest BCUT2D eigenvalue weighted by Crippen LogP contribution is -2.28. The van der Waals surface area contributed by atoms with Crippen LogP contribution in [0.1, 0.15) is 28.8 Å². The van der Waals surface area contributed by atoms with Crippen LogP contribution in [-0.2, 0) is 10.0 Å². The van der Waals surface area contributed by atoms with Gasteiger partial charge in [0.25, 0.3) is 5.91 Å². The van der Waals surface area contributed by atoms with Crippen LogP contribution in [0.15, 0.2) is 41.3 Å². The first-order valence-corrected chi connectivity index (χ1v) is 10.4. The lowest BCUT2D eigenvalue weighted by atomic mass is 10.1. The van der Waals surface area contributed by atoms with Crippen molar-refractivity contribution in [2.24, 2.45) is 0 Å². The predicted octanol–water partition coefficient (Wildman–Crippen LogP) is 3.69. The number of amides is 1. The summed E-state index contributed by atoms with van der Waals surface area (Å²) in [7, 11) is -2.11. The van der Waals surface area contributed by atoms with E-state index in [2.05, 4.69) is 5.32 Å². The number of hydrogen-bond donors (Lipinski definition) is 1. The monoisotopic (exact) mass is 408 g/mol. The van der Waals surface area contributed by atoms with Crippen molar-refractivity contribution >= 4 is 33.2 Å². The molecule has 0 unspecified atom stereocenters. The molecule has 8 heteroatoms. The van der Waals surface area contributed by atoms with E-state index < -0.39 is 15.9 Å². The number of hydrogen-bond acceptors (Lipinski definition) is 4. The van der Waals surface area contributed by atoms with Crippen molar-refractivity contribution in [2.75, 3.05) is 25.5 Å². The normalized spacial score (nSPS) is 14.9. The summed E-state index contributed by atoms with van der Waals surface area (Å²) < 4.78 is 32.5. The minimum absolute atomic E-state index is 0.209. The largest absolute Gasteiger partial charge is 0.496 e. The Balaban J connectivity index is 1.91. The molecule has 1 N–H and O–H groups in total. The summed E-state index contributed by atoms with van der Waals surface area (Å²) in [4.78, 5) is 12.8. The molecule has 1 saturated heterocycles. The first kappa shape index (κ1) is 19.7. The third-order valence-electron chi connectivity index (χ3n) is 4.54. The maximum Gasteiger partial charge on any atom is 0.259 e. The van der Waals surface area contributed by atoms with Gasteiger partial charge in [0.05, 0.1) is 17.6 Å². The van der Waals surface area contributed by atoms with Gasteiger partial charge in [0.15, 0.2) is 0 Å². The Morgan fingerprint density at radius 2 is 1.85 bits per heavy atom. The van der Waals surface area contributed by atoms with Crippen molar-refractivity contribution in [3.8, 4) is 5.75 Å². The van der Waals surface area contributed by atoms with Gasteiger partial charge in [0.2, 0.25) is 10.0 Å². The third kappa shape index (κ3) is 4.10. The first-order valence-electron chi connectivity index (χ1n) is 8.58. The Bertz CT molecular complexity index is 970. The molecule has 3 rings (SSSR count). The lowest BCUT2D eigenvalue weighted by molar-refractivity contribution is 0.102.